The summed E-state index contributed by atoms with van der Waals surface area (Å²) < 4.78 is 13.2. The van der Waals surface area contributed by atoms with E-state index in [0.717, 1.165) is 30.5 Å². The summed E-state index contributed by atoms with van der Waals surface area (Å²) in [4.78, 5) is 2.37. The first-order valence-electron chi connectivity index (χ1n) is 7.96. The number of hydrogen-bond acceptors (Lipinski definition) is 2. The molecule has 2 nitrogen and oxygen atoms in total. The average molecular weight is 336 g/mol. The fraction of sp³-hybridized carbons (Fsp3) is 0.368. The van der Waals surface area contributed by atoms with E-state index in [-0.39, 0.29) is 36.9 Å². The largest absolute Gasteiger partial charge is 0.394 e. The number of likely N-dealkylation sites (tertiary alicyclic amines) is 1. The Morgan fingerprint density at radius 1 is 1.04 bits per heavy atom. The molecule has 1 aliphatic heterocycles. The molecule has 0 spiro atoms. The summed E-state index contributed by atoms with van der Waals surface area (Å²) in [5, 5.41) is 9.94. The predicted molar refractivity (Wildman–Crippen MR) is 93.2 cm³/mol. The molecule has 0 bridgehead atoms. The van der Waals surface area contributed by atoms with Crippen molar-refractivity contribution in [3.8, 4) is 0 Å². The fourth-order valence-electron chi connectivity index (χ4n) is 3.45. The number of halogens is 2. The number of piperidine rings is 1. The predicted octanol–water partition coefficient (Wildman–Crippen LogP) is 4.51. The zero-order valence-corrected chi connectivity index (χ0v) is 13.9. The normalized spacial score (nSPS) is 19.8. The molecule has 2 unspecified atom stereocenters. The van der Waals surface area contributed by atoms with Gasteiger partial charge in [0.25, 0.3) is 0 Å². The molecule has 2 aromatic rings. The number of rotatable bonds is 4. The molecule has 1 heterocycles. The molecule has 1 aliphatic rings. The molecule has 0 radical (unpaired) electrons. The molecule has 2 aromatic carbocycles. The first-order chi connectivity index (χ1) is 10.8. The van der Waals surface area contributed by atoms with Crippen LogP contribution in [0.15, 0.2) is 54.6 Å². The lowest BCUT2D eigenvalue weighted by molar-refractivity contribution is 0.0558. The highest BCUT2D eigenvalue weighted by Crippen LogP contribution is 2.37. The van der Waals surface area contributed by atoms with E-state index in [1.165, 1.54) is 18.6 Å². The molecule has 0 aliphatic carbocycles. The van der Waals surface area contributed by atoms with Crippen LogP contribution in [-0.2, 0) is 0 Å². The van der Waals surface area contributed by atoms with Crippen molar-refractivity contribution in [3.63, 3.8) is 0 Å². The van der Waals surface area contributed by atoms with E-state index in [1.54, 1.807) is 0 Å². The maximum atomic E-state index is 13.2. The van der Waals surface area contributed by atoms with Crippen molar-refractivity contribution in [1.82, 2.24) is 4.90 Å². The number of aliphatic hydroxyl groups excluding tert-OH is 1. The minimum absolute atomic E-state index is 0. The first-order valence-corrected chi connectivity index (χ1v) is 7.96. The van der Waals surface area contributed by atoms with Gasteiger partial charge in [-0.25, -0.2) is 4.39 Å². The quantitative estimate of drug-likeness (QED) is 0.888. The Bertz CT molecular complexity index is 590. The van der Waals surface area contributed by atoms with Crippen LogP contribution >= 0.6 is 12.4 Å². The van der Waals surface area contributed by atoms with E-state index in [4.69, 9.17) is 0 Å². The Morgan fingerprint density at radius 3 is 2.39 bits per heavy atom. The third-order valence-corrected chi connectivity index (χ3v) is 4.56. The van der Waals surface area contributed by atoms with Crippen LogP contribution < -0.4 is 0 Å². The molecule has 1 fully saturated rings. The van der Waals surface area contributed by atoms with Gasteiger partial charge in [0.05, 0.1) is 12.6 Å². The van der Waals surface area contributed by atoms with Crippen molar-refractivity contribution in [3.05, 3.63) is 71.5 Å². The maximum Gasteiger partial charge on any atom is 0.123 e. The minimum atomic E-state index is -0.201. The third kappa shape index (κ3) is 4.11. The van der Waals surface area contributed by atoms with Crippen molar-refractivity contribution in [2.45, 2.75) is 31.3 Å². The Morgan fingerprint density at radius 2 is 1.74 bits per heavy atom. The molecular weight excluding hydrogens is 313 g/mol. The Labute approximate surface area is 143 Å². The van der Waals surface area contributed by atoms with Crippen LogP contribution in [0.1, 0.15) is 42.5 Å². The van der Waals surface area contributed by atoms with Crippen LogP contribution in [0.5, 0.6) is 0 Å². The SMILES string of the molecule is Cl.OCC(c1ccccc1)N1CCCCC1c1ccc(F)cc1. The summed E-state index contributed by atoms with van der Waals surface area (Å²) in [6.45, 7) is 1.06. The topological polar surface area (TPSA) is 23.5 Å². The van der Waals surface area contributed by atoms with Crippen molar-refractivity contribution >= 4 is 12.4 Å². The standard InChI is InChI=1S/C19H22FNO.ClH/c20-17-11-9-16(10-12-17)18-8-4-5-13-21(18)19(14-22)15-6-2-1-3-7-15;/h1-3,6-7,9-12,18-19,22H,4-5,8,13-14H2;1H. The monoisotopic (exact) mass is 335 g/mol. The van der Waals surface area contributed by atoms with Crippen LogP contribution in [0.2, 0.25) is 0 Å². The lowest BCUT2D eigenvalue weighted by Gasteiger charge is -2.41. The van der Waals surface area contributed by atoms with E-state index >= 15 is 0 Å². The Kier molecular flexibility index (Phi) is 6.58. The highest BCUT2D eigenvalue weighted by atomic mass is 35.5. The fourth-order valence-corrected chi connectivity index (χ4v) is 3.45. The van der Waals surface area contributed by atoms with E-state index in [0.29, 0.717) is 0 Å². The zero-order chi connectivity index (χ0) is 15.4. The number of aliphatic hydroxyl groups is 1. The summed E-state index contributed by atoms with van der Waals surface area (Å²) in [6, 6.07) is 17.2. The van der Waals surface area contributed by atoms with Gasteiger partial charge in [0.1, 0.15) is 5.82 Å². The van der Waals surface area contributed by atoms with Crippen molar-refractivity contribution in [2.24, 2.45) is 0 Å². The third-order valence-electron chi connectivity index (χ3n) is 4.56. The minimum Gasteiger partial charge on any atom is -0.394 e. The summed E-state index contributed by atoms with van der Waals surface area (Å²) >= 11 is 0. The van der Waals surface area contributed by atoms with Gasteiger partial charge >= 0.3 is 0 Å². The van der Waals surface area contributed by atoms with Crippen LogP contribution in [-0.4, -0.2) is 23.2 Å². The maximum absolute atomic E-state index is 13.2. The van der Waals surface area contributed by atoms with Gasteiger partial charge in [0.2, 0.25) is 0 Å². The Hall–Kier alpha value is -1.42. The van der Waals surface area contributed by atoms with E-state index < -0.39 is 0 Å². The molecule has 0 aromatic heterocycles. The lowest BCUT2D eigenvalue weighted by atomic mass is 9.92. The van der Waals surface area contributed by atoms with Crippen LogP contribution in [0.25, 0.3) is 0 Å². The summed E-state index contributed by atoms with van der Waals surface area (Å²) in [6.07, 6.45) is 3.36. The van der Waals surface area contributed by atoms with Gasteiger partial charge in [-0.1, -0.05) is 48.9 Å². The molecular formula is C19H23ClFNO. The smallest absolute Gasteiger partial charge is 0.123 e. The van der Waals surface area contributed by atoms with Gasteiger partial charge in [-0.2, -0.15) is 0 Å². The van der Waals surface area contributed by atoms with E-state index in [1.807, 2.05) is 30.3 Å². The van der Waals surface area contributed by atoms with Gasteiger partial charge in [0, 0.05) is 6.04 Å². The number of nitrogens with zero attached hydrogens (tertiary/aromatic N) is 1. The highest BCUT2D eigenvalue weighted by Gasteiger charge is 2.30. The van der Waals surface area contributed by atoms with E-state index in [2.05, 4.69) is 17.0 Å². The zero-order valence-electron chi connectivity index (χ0n) is 13.1. The van der Waals surface area contributed by atoms with Gasteiger partial charge < -0.3 is 5.11 Å². The molecule has 4 heteroatoms. The van der Waals surface area contributed by atoms with Gasteiger partial charge in [-0.05, 0) is 42.6 Å². The second-order valence-corrected chi connectivity index (χ2v) is 5.91. The summed E-state index contributed by atoms with van der Waals surface area (Å²) in [7, 11) is 0. The van der Waals surface area contributed by atoms with Crippen LogP contribution in [0.4, 0.5) is 4.39 Å². The van der Waals surface area contributed by atoms with Crippen molar-refractivity contribution in [2.75, 3.05) is 13.2 Å². The number of benzene rings is 2. The molecule has 1 saturated heterocycles. The van der Waals surface area contributed by atoms with Crippen molar-refractivity contribution in [1.29, 1.82) is 0 Å². The lowest BCUT2D eigenvalue weighted by Crippen LogP contribution is -2.38. The second-order valence-electron chi connectivity index (χ2n) is 5.91. The molecule has 2 atom stereocenters. The molecule has 0 saturated carbocycles. The van der Waals surface area contributed by atoms with E-state index in [9.17, 15) is 9.50 Å². The Balaban J connectivity index is 0.00000192. The summed E-state index contributed by atoms with van der Waals surface area (Å²) in [5.74, 6) is -0.201. The highest BCUT2D eigenvalue weighted by molar-refractivity contribution is 5.85. The molecule has 124 valence electrons. The summed E-state index contributed by atoms with van der Waals surface area (Å²) in [5.41, 5.74) is 2.27. The second kappa shape index (κ2) is 8.44. The first kappa shape index (κ1) is 17.9. The molecule has 23 heavy (non-hydrogen) atoms. The van der Waals surface area contributed by atoms with Gasteiger partial charge in [0.15, 0.2) is 0 Å². The van der Waals surface area contributed by atoms with Crippen molar-refractivity contribution < 1.29 is 9.50 Å². The van der Waals surface area contributed by atoms with Gasteiger partial charge in [-0.3, -0.25) is 4.90 Å². The molecule has 0 amide bonds. The van der Waals surface area contributed by atoms with Crippen LogP contribution in [0.3, 0.4) is 0 Å². The molecule has 3 rings (SSSR count). The van der Waals surface area contributed by atoms with Gasteiger partial charge in [-0.15, -0.1) is 12.4 Å². The average Bonchev–Trinajstić information content (AvgIpc) is 2.58. The van der Waals surface area contributed by atoms with Crippen LogP contribution in [0, 0.1) is 5.82 Å². The number of hydrogen-bond donors (Lipinski definition) is 1. The molecule has 1 N–H and O–H groups in total.